The topological polar surface area (TPSA) is 38.3 Å². The second kappa shape index (κ2) is 5.28. The largest absolute Gasteiger partial charge is 0.429 e. The normalized spacial score (nSPS) is 13.7. The van der Waals surface area contributed by atoms with Crippen molar-refractivity contribution in [3.05, 3.63) is 60.2 Å². The molecule has 2 rings (SSSR count). The summed E-state index contributed by atoms with van der Waals surface area (Å²) in [6.45, 7) is 3.56. The van der Waals surface area contributed by atoms with Crippen LogP contribution in [0.5, 0.6) is 5.75 Å². The summed E-state index contributed by atoms with van der Waals surface area (Å²) in [7, 11) is -2.91. The Labute approximate surface area is 107 Å². The molecule has 0 saturated carbocycles. The van der Waals surface area contributed by atoms with Crippen LogP contribution in [0.2, 0.25) is 0 Å². The molecule has 1 atom stereocenters. The molecular weight excluding hydrogens is 245 g/mol. The number of para-hydroxylation sites is 1. The SMILES string of the molecule is Cc1cccc(NP(C)(=O)Oc2ccccc2)c1. The summed E-state index contributed by atoms with van der Waals surface area (Å²) in [6.07, 6.45) is 0. The minimum Gasteiger partial charge on any atom is -0.429 e. The molecule has 0 radical (unpaired) electrons. The first kappa shape index (κ1) is 12.7. The van der Waals surface area contributed by atoms with E-state index in [1.807, 2.05) is 49.4 Å². The van der Waals surface area contributed by atoms with E-state index in [2.05, 4.69) is 5.09 Å². The van der Waals surface area contributed by atoms with E-state index < -0.39 is 7.52 Å². The second-order valence-electron chi connectivity index (χ2n) is 4.23. The summed E-state index contributed by atoms with van der Waals surface area (Å²) in [6, 6.07) is 16.9. The van der Waals surface area contributed by atoms with E-state index in [1.165, 1.54) is 0 Å². The Morgan fingerprint density at radius 2 is 1.78 bits per heavy atom. The van der Waals surface area contributed by atoms with Gasteiger partial charge in [0.2, 0.25) is 0 Å². The first-order chi connectivity index (χ1) is 8.55. The fraction of sp³-hybridized carbons (Fsp3) is 0.143. The number of anilines is 1. The van der Waals surface area contributed by atoms with Crippen molar-refractivity contribution in [2.45, 2.75) is 6.92 Å². The predicted molar refractivity (Wildman–Crippen MR) is 75.4 cm³/mol. The van der Waals surface area contributed by atoms with Crippen LogP contribution >= 0.6 is 7.52 Å². The van der Waals surface area contributed by atoms with Gasteiger partial charge in [-0.2, -0.15) is 0 Å². The van der Waals surface area contributed by atoms with Gasteiger partial charge in [-0.15, -0.1) is 0 Å². The van der Waals surface area contributed by atoms with Crippen LogP contribution in [0.15, 0.2) is 54.6 Å². The highest BCUT2D eigenvalue weighted by molar-refractivity contribution is 7.60. The second-order valence-corrected chi connectivity index (χ2v) is 6.33. The van der Waals surface area contributed by atoms with Gasteiger partial charge in [0, 0.05) is 12.4 Å². The monoisotopic (exact) mass is 261 g/mol. The van der Waals surface area contributed by atoms with Crippen LogP contribution in [0.1, 0.15) is 5.56 Å². The van der Waals surface area contributed by atoms with Crippen LogP contribution in [0, 0.1) is 6.92 Å². The van der Waals surface area contributed by atoms with Crippen molar-refractivity contribution in [1.82, 2.24) is 0 Å². The third-order valence-corrected chi connectivity index (χ3v) is 3.60. The highest BCUT2D eigenvalue weighted by Gasteiger charge is 2.17. The zero-order valence-corrected chi connectivity index (χ0v) is 11.4. The van der Waals surface area contributed by atoms with Crippen molar-refractivity contribution in [3.8, 4) is 5.75 Å². The average molecular weight is 261 g/mol. The number of rotatable bonds is 4. The molecule has 1 N–H and O–H groups in total. The van der Waals surface area contributed by atoms with Gasteiger partial charge in [0.05, 0.1) is 0 Å². The maximum Gasteiger partial charge on any atom is 0.338 e. The molecular formula is C14H16NO2P. The maximum absolute atomic E-state index is 12.3. The summed E-state index contributed by atoms with van der Waals surface area (Å²) in [5, 5.41) is 2.94. The quantitative estimate of drug-likeness (QED) is 0.833. The molecule has 0 aliphatic rings. The van der Waals surface area contributed by atoms with E-state index in [1.54, 1.807) is 18.8 Å². The Balaban J connectivity index is 2.10. The van der Waals surface area contributed by atoms with E-state index in [0.29, 0.717) is 5.75 Å². The van der Waals surface area contributed by atoms with E-state index in [0.717, 1.165) is 11.3 Å². The maximum atomic E-state index is 12.3. The molecule has 0 spiro atoms. The summed E-state index contributed by atoms with van der Waals surface area (Å²) >= 11 is 0. The smallest absolute Gasteiger partial charge is 0.338 e. The van der Waals surface area contributed by atoms with Gasteiger partial charge < -0.3 is 9.61 Å². The highest BCUT2D eigenvalue weighted by Crippen LogP contribution is 2.43. The summed E-state index contributed by atoms with van der Waals surface area (Å²) in [4.78, 5) is 0. The van der Waals surface area contributed by atoms with E-state index in [4.69, 9.17) is 4.52 Å². The summed E-state index contributed by atoms with van der Waals surface area (Å²) in [5.74, 6) is 0.600. The Hall–Kier alpha value is -1.73. The Morgan fingerprint density at radius 1 is 1.06 bits per heavy atom. The van der Waals surface area contributed by atoms with Gasteiger partial charge in [-0.05, 0) is 36.8 Å². The summed E-state index contributed by atoms with van der Waals surface area (Å²) < 4.78 is 17.8. The van der Waals surface area contributed by atoms with Gasteiger partial charge in [-0.1, -0.05) is 30.3 Å². The molecule has 0 fully saturated rings. The minimum absolute atomic E-state index is 0.600. The number of nitrogens with one attached hydrogen (secondary N) is 1. The molecule has 0 heterocycles. The third-order valence-electron chi connectivity index (χ3n) is 2.37. The standard InChI is InChI=1S/C14H16NO2P/c1-12-7-6-8-13(11-12)15-18(2,16)17-14-9-4-3-5-10-14/h3-11H,1-2H3,(H,15,16). The van der Waals surface area contributed by atoms with Crippen LogP contribution in [0.3, 0.4) is 0 Å². The van der Waals surface area contributed by atoms with Crippen LogP contribution in [0.4, 0.5) is 5.69 Å². The van der Waals surface area contributed by atoms with Gasteiger partial charge in [0.15, 0.2) is 0 Å². The van der Waals surface area contributed by atoms with Crippen molar-refractivity contribution in [1.29, 1.82) is 0 Å². The molecule has 3 nitrogen and oxygen atoms in total. The van der Waals surface area contributed by atoms with Gasteiger partial charge in [-0.3, -0.25) is 4.57 Å². The molecule has 2 aromatic carbocycles. The van der Waals surface area contributed by atoms with Crippen molar-refractivity contribution in [3.63, 3.8) is 0 Å². The lowest BCUT2D eigenvalue weighted by atomic mass is 10.2. The van der Waals surface area contributed by atoms with Gasteiger partial charge >= 0.3 is 7.52 Å². The Morgan fingerprint density at radius 3 is 2.44 bits per heavy atom. The van der Waals surface area contributed by atoms with Crippen LogP contribution in [-0.2, 0) is 4.57 Å². The van der Waals surface area contributed by atoms with Crippen LogP contribution in [0.25, 0.3) is 0 Å². The van der Waals surface area contributed by atoms with E-state index in [9.17, 15) is 4.57 Å². The first-order valence-electron chi connectivity index (χ1n) is 5.72. The summed E-state index contributed by atoms with van der Waals surface area (Å²) in [5.41, 5.74) is 1.91. The molecule has 4 heteroatoms. The average Bonchev–Trinajstić information content (AvgIpc) is 2.28. The Kier molecular flexibility index (Phi) is 3.73. The number of benzene rings is 2. The third kappa shape index (κ3) is 3.64. The van der Waals surface area contributed by atoms with Crippen molar-refractivity contribution in [2.24, 2.45) is 0 Å². The number of hydrogen-bond donors (Lipinski definition) is 1. The zero-order valence-electron chi connectivity index (χ0n) is 10.5. The number of aryl methyl sites for hydroxylation is 1. The van der Waals surface area contributed by atoms with E-state index in [-0.39, 0.29) is 0 Å². The molecule has 1 unspecified atom stereocenters. The highest BCUT2D eigenvalue weighted by atomic mass is 31.2. The molecule has 0 bridgehead atoms. The molecule has 0 aliphatic carbocycles. The lowest BCUT2D eigenvalue weighted by molar-refractivity contribution is 0.493. The minimum atomic E-state index is -2.91. The van der Waals surface area contributed by atoms with Crippen molar-refractivity contribution >= 4 is 13.2 Å². The zero-order chi connectivity index (χ0) is 13.0. The number of hydrogen-bond acceptors (Lipinski definition) is 2. The molecule has 0 aliphatic heterocycles. The van der Waals surface area contributed by atoms with Crippen molar-refractivity contribution in [2.75, 3.05) is 11.8 Å². The molecule has 0 aromatic heterocycles. The Bertz CT molecular complexity index is 569. The van der Waals surface area contributed by atoms with Crippen LogP contribution < -0.4 is 9.61 Å². The molecule has 0 saturated heterocycles. The van der Waals surface area contributed by atoms with Crippen LogP contribution in [-0.4, -0.2) is 6.66 Å². The molecule has 2 aromatic rings. The molecule has 0 amide bonds. The van der Waals surface area contributed by atoms with Gasteiger partial charge in [-0.25, -0.2) is 0 Å². The fourth-order valence-electron chi connectivity index (χ4n) is 1.65. The van der Waals surface area contributed by atoms with Gasteiger partial charge in [0.1, 0.15) is 5.75 Å². The van der Waals surface area contributed by atoms with Crippen molar-refractivity contribution < 1.29 is 9.09 Å². The first-order valence-corrected chi connectivity index (χ1v) is 7.79. The molecule has 94 valence electrons. The lowest BCUT2D eigenvalue weighted by Crippen LogP contribution is -2.02. The van der Waals surface area contributed by atoms with E-state index >= 15 is 0 Å². The molecule has 18 heavy (non-hydrogen) atoms. The lowest BCUT2D eigenvalue weighted by Gasteiger charge is -2.17. The fourth-order valence-corrected chi connectivity index (χ4v) is 2.83. The predicted octanol–water partition coefficient (Wildman–Crippen LogP) is 4.31. The van der Waals surface area contributed by atoms with Gasteiger partial charge in [0.25, 0.3) is 0 Å².